The van der Waals surface area contributed by atoms with Crippen LogP contribution < -0.4 is 10.1 Å². The molecule has 0 aromatic heterocycles. The Bertz CT molecular complexity index is 834. The van der Waals surface area contributed by atoms with E-state index in [4.69, 9.17) is 9.47 Å². The third-order valence-electron chi connectivity index (χ3n) is 4.81. The molecule has 27 heavy (non-hydrogen) atoms. The fourth-order valence-electron chi connectivity index (χ4n) is 3.44. The highest BCUT2D eigenvalue weighted by Gasteiger charge is 2.55. The van der Waals surface area contributed by atoms with Crippen molar-refractivity contribution in [2.24, 2.45) is 0 Å². The van der Waals surface area contributed by atoms with Crippen molar-refractivity contribution in [3.63, 3.8) is 0 Å². The van der Waals surface area contributed by atoms with E-state index in [9.17, 15) is 19.1 Å². The number of carbonyl (C=O) groups excluding carboxylic acids is 1. The molecule has 2 aromatic rings. The number of methoxy groups -OCH3 is 1. The first-order chi connectivity index (χ1) is 13.0. The van der Waals surface area contributed by atoms with E-state index in [-0.39, 0.29) is 30.8 Å². The SMILES string of the molecule is COc1cccc(F)c1C1(C(=O)O)CC(NC(=O)OCc2ccccc2)C1. The van der Waals surface area contributed by atoms with Crippen LogP contribution in [0.25, 0.3) is 0 Å². The topological polar surface area (TPSA) is 84.9 Å². The van der Waals surface area contributed by atoms with Gasteiger partial charge in [-0.2, -0.15) is 0 Å². The van der Waals surface area contributed by atoms with Crippen LogP contribution in [0, 0.1) is 5.82 Å². The minimum absolute atomic E-state index is 0.00991. The van der Waals surface area contributed by atoms with Crippen LogP contribution >= 0.6 is 0 Å². The molecular weight excluding hydrogens is 353 g/mol. The lowest BCUT2D eigenvalue weighted by Gasteiger charge is -2.45. The van der Waals surface area contributed by atoms with Crippen LogP contribution in [0.4, 0.5) is 9.18 Å². The van der Waals surface area contributed by atoms with Gasteiger partial charge in [0.2, 0.25) is 0 Å². The van der Waals surface area contributed by atoms with Gasteiger partial charge < -0.3 is 19.9 Å². The fraction of sp³-hybridized carbons (Fsp3) is 0.300. The summed E-state index contributed by atoms with van der Waals surface area (Å²) in [5, 5.41) is 12.4. The number of amides is 1. The minimum Gasteiger partial charge on any atom is -0.496 e. The number of hydrogen-bond acceptors (Lipinski definition) is 4. The molecule has 0 spiro atoms. The van der Waals surface area contributed by atoms with Gasteiger partial charge in [-0.05, 0) is 30.5 Å². The average Bonchev–Trinajstić information content (AvgIpc) is 2.63. The van der Waals surface area contributed by atoms with Gasteiger partial charge in [0, 0.05) is 11.6 Å². The molecule has 1 aliphatic carbocycles. The monoisotopic (exact) mass is 373 g/mol. The fourth-order valence-corrected chi connectivity index (χ4v) is 3.44. The van der Waals surface area contributed by atoms with Gasteiger partial charge in [-0.3, -0.25) is 4.79 Å². The lowest BCUT2D eigenvalue weighted by atomic mass is 9.61. The number of carboxylic acid groups (broad SMARTS) is 1. The van der Waals surface area contributed by atoms with Crippen LogP contribution in [-0.4, -0.2) is 30.3 Å². The average molecular weight is 373 g/mol. The standard InChI is InChI=1S/C20H20FNO5/c1-26-16-9-5-8-15(21)17(16)20(18(23)24)10-14(11-20)22-19(25)27-12-13-6-3-2-4-7-13/h2-9,14H,10-12H2,1H3,(H,22,25)(H,23,24). The Morgan fingerprint density at radius 3 is 2.52 bits per heavy atom. The Morgan fingerprint density at radius 1 is 1.19 bits per heavy atom. The van der Waals surface area contributed by atoms with Crippen LogP contribution in [0.3, 0.4) is 0 Å². The van der Waals surface area contributed by atoms with Gasteiger partial charge in [0.1, 0.15) is 23.6 Å². The van der Waals surface area contributed by atoms with Gasteiger partial charge >= 0.3 is 12.1 Å². The Balaban J connectivity index is 1.65. The largest absolute Gasteiger partial charge is 0.496 e. The summed E-state index contributed by atoms with van der Waals surface area (Å²) in [5.74, 6) is -1.61. The highest BCUT2D eigenvalue weighted by Crippen LogP contribution is 2.48. The first-order valence-electron chi connectivity index (χ1n) is 8.50. The molecule has 142 valence electrons. The molecule has 7 heteroatoms. The summed E-state index contributed by atoms with van der Waals surface area (Å²) in [6.45, 7) is 0.116. The first-order valence-corrected chi connectivity index (χ1v) is 8.50. The molecule has 0 bridgehead atoms. The van der Waals surface area contributed by atoms with E-state index >= 15 is 0 Å². The van der Waals surface area contributed by atoms with E-state index < -0.39 is 29.3 Å². The van der Waals surface area contributed by atoms with Gasteiger partial charge in [-0.1, -0.05) is 36.4 Å². The number of ether oxygens (including phenoxy) is 2. The molecule has 0 saturated heterocycles. The van der Waals surface area contributed by atoms with Crippen molar-refractivity contribution >= 4 is 12.1 Å². The molecular formula is C20H20FNO5. The summed E-state index contributed by atoms with van der Waals surface area (Å²) in [5.41, 5.74) is -0.582. The van der Waals surface area contributed by atoms with Crippen molar-refractivity contribution in [3.05, 3.63) is 65.5 Å². The predicted octanol–water partition coefficient (Wildman–Crippen LogP) is 3.25. The second-order valence-corrected chi connectivity index (χ2v) is 6.52. The molecule has 2 N–H and O–H groups in total. The third kappa shape index (κ3) is 3.72. The molecule has 1 amide bonds. The zero-order chi connectivity index (χ0) is 19.4. The van der Waals surface area contributed by atoms with Crippen LogP contribution in [0.2, 0.25) is 0 Å². The Morgan fingerprint density at radius 2 is 1.89 bits per heavy atom. The van der Waals surface area contributed by atoms with E-state index in [1.54, 1.807) is 0 Å². The highest BCUT2D eigenvalue weighted by atomic mass is 19.1. The van der Waals surface area contributed by atoms with E-state index in [0.29, 0.717) is 0 Å². The Kier molecular flexibility index (Phi) is 5.30. The lowest BCUT2D eigenvalue weighted by molar-refractivity contribution is -0.148. The number of carbonyl (C=O) groups is 2. The second-order valence-electron chi connectivity index (χ2n) is 6.52. The second kappa shape index (κ2) is 7.65. The molecule has 0 radical (unpaired) electrons. The van der Waals surface area contributed by atoms with Crippen molar-refractivity contribution in [2.75, 3.05) is 7.11 Å². The van der Waals surface area contributed by atoms with Gasteiger partial charge in [0.05, 0.1) is 7.11 Å². The summed E-state index contributed by atoms with van der Waals surface area (Å²) in [7, 11) is 1.36. The zero-order valence-corrected chi connectivity index (χ0v) is 14.8. The summed E-state index contributed by atoms with van der Waals surface area (Å²) in [6, 6.07) is 13.0. The highest BCUT2D eigenvalue weighted by molar-refractivity contribution is 5.85. The molecule has 0 aliphatic heterocycles. The maximum atomic E-state index is 14.4. The van der Waals surface area contributed by atoms with Gasteiger partial charge in [-0.15, -0.1) is 0 Å². The zero-order valence-electron chi connectivity index (χ0n) is 14.8. The van der Waals surface area contributed by atoms with E-state index in [1.165, 1.54) is 25.3 Å². The normalized spacial score (nSPS) is 21.0. The molecule has 0 unspecified atom stereocenters. The lowest BCUT2D eigenvalue weighted by Crippen LogP contribution is -2.57. The summed E-state index contributed by atoms with van der Waals surface area (Å²) < 4.78 is 24.6. The molecule has 1 aliphatic rings. The first kappa shape index (κ1) is 18.7. The number of benzene rings is 2. The van der Waals surface area contributed by atoms with Crippen molar-refractivity contribution < 1.29 is 28.6 Å². The molecule has 0 atom stereocenters. The number of alkyl carbamates (subject to hydrolysis) is 1. The quantitative estimate of drug-likeness (QED) is 0.812. The number of rotatable bonds is 6. The Labute approximate surface area is 155 Å². The van der Waals surface area contributed by atoms with Crippen molar-refractivity contribution in [1.82, 2.24) is 5.32 Å². The van der Waals surface area contributed by atoms with E-state index in [2.05, 4.69) is 5.32 Å². The molecule has 6 nitrogen and oxygen atoms in total. The molecule has 1 saturated carbocycles. The molecule has 1 fully saturated rings. The summed E-state index contributed by atoms with van der Waals surface area (Å²) in [4.78, 5) is 23.8. The molecule has 0 heterocycles. The van der Waals surface area contributed by atoms with E-state index in [0.717, 1.165) is 5.56 Å². The predicted molar refractivity (Wildman–Crippen MR) is 95.1 cm³/mol. The van der Waals surface area contributed by atoms with Crippen LogP contribution in [0.1, 0.15) is 24.0 Å². The molecule has 3 rings (SSSR count). The third-order valence-corrected chi connectivity index (χ3v) is 4.81. The van der Waals surface area contributed by atoms with Crippen molar-refractivity contribution in [2.45, 2.75) is 30.9 Å². The van der Waals surface area contributed by atoms with E-state index in [1.807, 2.05) is 30.3 Å². The van der Waals surface area contributed by atoms with Crippen molar-refractivity contribution in [3.8, 4) is 5.75 Å². The molecule has 2 aromatic carbocycles. The number of halogens is 1. The van der Waals surface area contributed by atoms with Gasteiger partial charge in [0.25, 0.3) is 0 Å². The van der Waals surface area contributed by atoms with Crippen LogP contribution in [0.15, 0.2) is 48.5 Å². The number of nitrogens with one attached hydrogen (secondary N) is 1. The number of aliphatic carboxylic acids is 1. The summed E-state index contributed by atoms with van der Waals surface area (Å²) >= 11 is 0. The smallest absolute Gasteiger partial charge is 0.407 e. The maximum Gasteiger partial charge on any atom is 0.407 e. The van der Waals surface area contributed by atoms with Crippen LogP contribution in [0.5, 0.6) is 5.75 Å². The maximum absolute atomic E-state index is 14.4. The van der Waals surface area contributed by atoms with Gasteiger partial charge in [0.15, 0.2) is 0 Å². The number of hydrogen-bond donors (Lipinski definition) is 2. The minimum atomic E-state index is -1.44. The van der Waals surface area contributed by atoms with Gasteiger partial charge in [-0.25, -0.2) is 9.18 Å². The van der Waals surface area contributed by atoms with Crippen molar-refractivity contribution in [1.29, 1.82) is 0 Å². The summed E-state index contributed by atoms with van der Waals surface area (Å²) in [6.07, 6.45) is -0.525. The number of carboxylic acids is 1. The van der Waals surface area contributed by atoms with Crippen LogP contribution in [-0.2, 0) is 21.6 Å². The Hall–Kier alpha value is -3.09.